The van der Waals surface area contributed by atoms with Gasteiger partial charge < -0.3 is 10.7 Å². The Morgan fingerprint density at radius 2 is 2.05 bits per heavy atom. The van der Waals surface area contributed by atoms with Crippen molar-refractivity contribution in [3.63, 3.8) is 0 Å². The Kier molecular flexibility index (Phi) is 2.32. The second-order valence-corrected chi connectivity index (χ2v) is 4.74. The van der Waals surface area contributed by atoms with Crippen LogP contribution < -0.4 is 5.73 Å². The van der Waals surface area contributed by atoms with E-state index in [1.54, 1.807) is 18.5 Å². The van der Waals surface area contributed by atoms with Gasteiger partial charge in [-0.25, -0.2) is 4.98 Å². The van der Waals surface area contributed by atoms with Crippen molar-refractivity contribution in [2.24, 2.45) is 0 Å². The monoisotopic (exact) mass is 277 g/mol. The topological polar surface area (TPSA) is 89.1 Å². The molecule has 0 saturated carbocycles. The van der Waals surface area contributed by atoms with Gasteiger partial charge in [0.1, 0.15) is 5.82 Å². The molecule has 6 nitrogen and oxygen atoms in total. The quantitative estimate of drug-likeness (QED) is 0.549. The zero-order valence-electron chi connectivity index (χ0n) is 10.9. The van der Waals surface area contributed by atoms with Crippen LogP contribution in [-0.2, 0) is 0 Å². The maximum absolute atomic E-state index is 12.7. The number of nitrogens with one attached hydrogen (secondary N) is 1. The number of anilines is 1. The Balaban J connectivity index is 1.92. The molecule has 4 aromatic rings. The summed E-state index contributed by atoms with van der Waals surface area (Å²) in [4.78, 5) is 20.0. The molecule has 3 heterocycles. The van der Waals surface area contributed by atoms with Crippen LogP contribution in [0, 0.1) is 0 Å². The highest BCUT2D eigenvalue weighted by atomic mass is 16.1. The summed E-state index contributed by atoms with van der Waals surface area (Å²) in [5.41, 5.74) is 8.49. The van der Waals surface area contributed by atoms with Crippen LogP contribution in [-0.4, -0.2) is 25.4 Å². The third kappa shape index (κ3) is 1.62. The van der Waals surface area contributed by atoms with E-state index in [-0.39, 0.29) is 5.78 Å². The Bertz CT molecular complexity index is 982. The molecule has 3 N–H and O–H groups in total. The molecule has 0 spiro atoms. The van der Waals surface area contributed by atoms with Crippen LogP contribution in [0.5, 0.6) is 0 Å². The zero-order chi connectivity index (χ0) is 14.4. The lowest BCUT2D eigenvalue weighted by Crippen LogP contribution is -2.10. The largest absolute Gasteiger partial charge is 0.383 e. The van der Waals surface area contributed by atoms with Crippen molar-refractivity contribution in [3.05, 3.63) is 60.0 Å². The summed E-state index contributed by atoms with van der Waals surface area (Å²) in [5.74, 6) is 0.120. The molecule has 0 aliphatic heterocycles. The molecular weight excluding hydrogens is 266 g/mol. The van der Waals surface area contributed by atoms with Crippen molar-refractivity contribution >= 4 is 28.2 Å². The first kappa shape index (κ1) is 11.7. The number of ketones is 1. The summed E-state index contributed by atoms with van der Waals surface area (Å²) in [6.45, 7) is 0. The number of nitrogen functional groups attached to an aromatic ring is 1. The third-order valence-corrected chi connectivity index (χ3v) is 3.53. The van der Waals surface area contributed by atoms with Crippen molar-refractivity contribution in [2.75, 3.05) is 5.73 Å². The van der Waals surface area contributed by atoms with Gasteiger partial charge in [0.15, 0.2) is 11.4 Å². The van der Waals surface area contributed by atoms with Crippen LogP contribution in [0.15, 0.2) is 48.9 Å². The number of hydrogen-bond donors (Lipinski definition) is 2. The lowest BCUT2D eigenvalue weighted by Gasteiger charge is -2.05. The number of aromatic amines is 1. The van der Waals surface area contributed by atoms with E-state index < -0.39 is 0 Å². The van der Waals surface area contributed by atoms with Gasteiger partial charge in [0.05, 0.1) is 11.8 Å². The smallest absolute Gasteiger partial charge is 0.200 e. The molecule has 4 rings (SSSR count). The van der Waals surface area contributed by atoms with E-state index in [9.17, 15) is 4.79 Å². The van der Waals surface area contributed by atoms with Gasteiger partial charge in [0.25, 0.3) is 0 Å². The molecule has 0 aliphatic carbocycles. The Morgan fingerprint density at radius 1 is 1.19 bits per heavy atom. The van der Waals surface area contributed by atoms with E-state index in [1.807, 2.05) is 24.3 Å². The van der Waals surface area contributed by atoms with Gasteiger partial charge in [0, 0.05) is 34.9 Å². The normalized spacial score (nSPS) is 11.2. The molecule has 6 heteroatoms. The summed E-state index contributed by atoms with van der Waals surface area (Å²) < 4.78 is 1.46. The average Bonchev–Trinajstić information content (AvgIpc) is 3.14. The fraction of sp³-hybridized carbons (Fsp3) is 0. The average molecular weight is 277 g/mol. The first-order valence-corrected chi connectivity index (χ1v) is 6.45. The number of aromatic nitrogens is 4. The number of nitrogens with zero attached hydrogens (tertiary/aromatic N) is 3. The summed E-state index contributed by atoms with van der Waals surface area (Å²) in [7, 11) is 0. The Labute approximate surface area is 119 Å². The van der Waals surface area contributed by atoms with Crippen LogP contribution in [0.2, 0.25) is 0 Å². The maximum Gasteiger partial charge on any atom is 0.200 e. The summed E-state index contributed by atoms with van der Waals surface area (Å²) >= 11 is 0. The van der Waals surface area contributed by atoms with Crippen LogP contribution in [0.3, 0.4) is 0 Å². The van der Waals surface area contributed by atoms with Crippen molar-refractivity contribution in [1.29, 1.82) is 0 Å². The van der Waals surface area contributed by atoms with Crippen molar-refractivity contribution in [2.45, 2.75) is 0 Å². The van der Waals surface area contributed by atoms with Crippen LogP contribution >= 0.6 is 0 Å². The van der Waals surface area contributed by atoms with Gasteiger partial charge in [0.2, 0.25) is 0 Å². The van der Waals surface area contributed by atoms with Gasteiger partial charge in [-0.05, 0) is 6.07 Å². The van der Waals surface area contributed by atoms with E-state index >= 15 is 0 Å². The second kappa shape index (κ2) is 4.17. The van der Waals surface area contributed by atoms with Gasteiger partial charge in [-0.2, -0.15) is 9.61 Å². The molecule has 0 aliphatic rings. The number of nitrogens with two attached hydrogens (primary N) is 1. The van der Waals surface area contributed by atoms with E-state index in [0.717, 1.165) is 10.9 Å². The summed E-state index contributed by atoms with van der Waals surface area (Å²) in [5, 5.41) is 4.94. The number of hydrogen-bond acceptors (Lipinski definition) is 4. The van der Waals surface area contributed by atoms with Gasteiger partial charge in [-0.3, -0.25) is 4.79 Å². The molecule has 21 heavy (non-hydrogen) atoms. The van der Waals surface area contributed by atoms with E-state index in [0.29, 0.717) is 22.6 Å². The number of rotatable bonds is 2. The molecule has 0 unspecified atom stereocenters. The number of para-hydroxylation sites is 1. The van der Waals surface area contributed by atoms with Crippen LogP contribution in [0.4, 0.5) is 5.82 Å². The van der Waals surface area contributed by atoms with E-state index in [4.69, 9.17) is 5.73 Å². The molecule has 102 valence electrons. The minimum atomic E-state index is -0.171. The number of fused-ring (bicyclic) bond motifs is 2. The summed E-state index contributed by atoms with van der Waals surface area (Å²) in [6.07, 6.45) is 4.79. The highest BCUT2D eigenvalue weighted by molar-refractivity contribution is 6.18. The molecule has 0 fully saturated rings. The highest BCUT2D eigenvalue weighted by Crippen LogP contribution is 2.23. The Hall–Kier alpha value is -3.15. The number of carbonyl (C=O) groups is 1. The fourth-order valence-corrected chi connectivity index (χ4v) is 2.47. The number of H-pyrrole nitrogens is 1. The maximum atomic E-state index is 12.7. The standard InChI is InChI=1S/C15H11N5O/c16-15-11(8-18-13-5-6-19-20(13)15)14(21)10-7-17-12-4-2-1-3-9(10)12/h1-8,17H,16H2. The molecule has 0 bridgehead atoms. The summed E-state index contributed by atoms with van der Waals surface area (Å²) in [6, 6.07) is 9.36. The molecule has 0 atom stereocenters. The molecule has 0 radical (unpaired) electrons. The first-order valence-electron chi connectivity index (χ1n) is 6.45. The second-order valence-electron chi connectivity index (χ2n) is 4.74. The molecular formula is C15H11N5O. The third-order valence-electron chi connectivity index (χ3n) is 3.53. The fourth-order valence-electron chi connectivity index (χ4n) is 2.47. The highest BCUT2D eigenvalue weighted by Gasteiger charge is 2.18. The molecule has 1 aromatic carbocycles. The minimum absolute atomic E-state index is 0.171. The lowest BCUT2D eigenvalue weighted by atomic mass is 10.0. The van der Waals surface area contributed by atoms with Crippen molar-refractivity contribution in [1.82, 2.24) is 19.6 Å². The van der Waals surface area contributed by atoms with Gasteiger partial charge in [-0.1, -0.05) is 18.2 Å². The van der Waals surface area contributed by atoms with Gasteiger partial charge >= 0.3 is 0 Å². The van der Waals surface area contributed by atoms with Crippen molar-refractivity contribution in [3.8, 4) is 0 Å². The zero-order valence-corrected chi connectivity index (χ0v) is 10.9. The minimum Gasteiger partial charge on any atom is -0.383 e. The van der Waals surface area contributed by atoms with E-state index in [1.165, 1.54) is 10.7 Å². The van der Waals surface area contributed by atoms with Gasteiger partial charge in [-0.15, -0.1) is 0 Å². The lowest BCUT2D eigenvalue weighted by molar-refractivity contribution is 0.104. The predicted molar refractivity (Wildman–Crippen MR) is 79.1 cm³/mol. The number of carbonyl (C=O) groups excluding carboxylic acids is 1. The van der Waals surface area contributed by atoms with Crippen LogP contribution in [0.25, 0.3) is 16.6 Å². The van der Waals surface area contributed by atoms with E-state index in [2.05, 4.69) is 15.1 Å². The number of benzene rings is 1. The SMILES string of the molecule is Nc1c(C(=O)c2c[nH]c3ccccc23)cnc2ccnn12. The van der Waals surface area contributed by atoms with Crippen LogP contribution in [0.1, 0.15) is 15.9 Å². The molecule has 3 aromatic heterocycles. The molecule has 0 saturated heterocycles. The molecule has 0 amide bonds. The van der Waals surface area contributed by atoms with Crippen molar-refractivity contribution < 1.29 is 4.79 Å². The Morgan fingerprint density at radius 3 is 2.95 bits per heavy atom. The predicted octanol–water partition coefficient (Wildman–Crippen LogP) is 2.02. The first-order chi connectivity index (χ1) is 10.3.